The molecular weight excluding hydrogens is 266 g/mol. The molecule has 5 nitrogen and oxygen atoms in total. The fourth-order valence-corrected chi connectivity index (χ4v) is 2.42. The number of nitrogens with two attached hydrogens (primary N) is 1. The van der Waals surface area contributed by atoms with E-state index >= 15 is 0 Å². The van der Waals surface area contributed by atoms with E-state index < -0.39 is 0 Å². The summed E-state index contributed by atoms with van der Waals surface area (Å²) in [7, 11) is 1.62. The zero-order chi connectivity index (χ0) is 13.8. The van der Waals surface area contributed by atoms with Gasteiger partial charge in [-0.2, -0.15) is 0 Å². The van der Waals surface area contributed by atoms with Crippen LogP contribution in [0, 0.1) is 0 Å². The topological polar surface area (TPSA) is 67.6 Å². The van der Waals surface area contributed by atoms with E-state index in [1.54, 1.807) is 7.05 Å². The molecule has 2 rings (SSSR count). The van der Waals surface area contributed by atoms with Crippen LogP contribution in [0.4, 0.5) is 5.69 Å². The molecule has 1 amide bonds. The summed E-state index contributed by atoms with van der Waals surface area (Å²) in [5.74, 6) is -0.0506. The van der Waals surface area contributed by atoms with Crippen molar-refractivity contribution < 1.29 is 9.53 Å². The van der Waals surface area contributed by atoms with Crippen molar-refractivity contribution in [3.63, 3.8) is 0 Å². The number of nitrogens with one attached hydrogen (secondary N) is 1. The van der Waals surface area contributed by atoms with Gasteiger partial charge in [0.1, 0.15) is 6.04 Å². The van der Waals surface area contributed by atoms with E-state index in [9.17, 15) is 4.79 Å². The van der Waals surface area contributed by atoms with Crippen molar-refractivity contribution in [3.8, 4) is 0 Å². The summed E-state index contributed by atoms with van der Waals surface area (Å²) in [4.78, 5) is 13.9. The summed E-state index contributed by atoms with van der Waals surface area (Å²) in [5.41, 5.74) is 7.46. The second-order valence-electron chi connectivity index (χ2n) is 4.48. The highest BCUT2D eigenvalue weighted by Crippen LogP contribution is 2.25. The second-order valence-corrected chi connectivity index (χ2v) is 4.89. The Morgan fingerprint density at radius 2 is 2.42 bits per heavy atom. The predicted octanol–water partition coefficient (Wildman–Crippen LogP) is 0.869. The minimum Gasteiger partial charge on any atom is -0.398 e. The van der Waals surface area contributed by atoms with Gasteiger partial charge in [0.2, 0.25) is 5.91 Å². The predicted molar refractivity (Wildman–Crippen MR) is 74.9 cm³/mol. The van der Waals surface area contributed by atoms with Gasteiger partial charge in [0.15, 0.2) is 0 Å². The van der Waals surface area contributed by atoms with Crippen molar-refractivity contribution in [2.24, 2.45) is 0 Å². The Bertz CT molecular complexity index is 447. The van der Waals surface area contributed by atoms with Gasteiger partial charge in [-0.25, -0.2) is 0 Å². The van der Waals surface area contributed by atoms with E-state index in [2.05, 4.69) is 5.32 Å². The molecule has 1 fully saturated rings. The van der Waals surface area contributed by atoms with Crippen molar-refractivity contribution in [1.29, 1.82) is 0 Å². The van der Waals surface area contributed by atoms with Crippen LogP contribution in [0.25, 0.3) is 0 Å². The third-order valence-corrected chi connectivity index (χ3v) is 3.66. The molecule has 1 aromatic rings. The molecule has 1 saturated heterocycles. The highest BCUT2D eigenvalue weighted by atomic mass is 35.5. The van der Waals surface area contributed by atoms with Crippen LogP contribution in [-0.4, -0.2) is 43.7 Å². The molecule has 0 bridgehead atoms. The lowest BCUT2D eigenvalue weighted by Crippen LogP contribution is -2.52. The maximum atomic E-state index is 11.8. The molecule has 19 heavy (non-hydrogen) atoms. The zero-order valence-corrected chi connectivity index (χ0v) is 11.6. The smallest absolute Gasteiger partial charge is 0.239 e. The first-order valence-corrected chi connectivity index (χ1v) is 6.57. The van der Waals surface area contributed by atoms with Crippen LogP contribution in [0.5, 0.6) is 0 Å². The SMILES string of the molecule is CNC(=O)C1COCCN1Cc1c(N)cccc1Cl. The number of hydrogen-bond donors (Lipinski definition) is 2. The fraction of sp³-hybridized carbons (Fsp3) is 0.462. The monoisotopic (exact) mass is 283 g/mol. The molecular formula is C13H18ClN3O2. The average molecular weight is 284 g/mol. The Morgan fingerprint density at radius 1 is 1.63 bits per heavy atom. The van der Waals surface area contributed by atoms with Gasteiger partial charge in [0.25, 0.3) is 0 Å². The lowest BCUT2D eigenvalue weighted by Gasteiger charge is -2.34. The number of benzene rings is 1. The number of carbonyl (C=O) groups is 1. The van der Waals surface area contributed by atoms with E-state index in [0.717, 1.165) is 5.56 Å². The van der Waals surface area contributed by atoms with Gasteiger partial charge in [-0.05, 0) is 12.1 Å². The Hall–Kier alpha value is -1.30. The van der Waals surface area contributed by atoms with Crippen LogP contribution in [0.3, 0.4) is 0 Å². The van der Waals surface area contributed by atoms with Crippen molar-refractivity contribution in [3.05, 3.63) is 28.8 Å². The quantitative estimate of drug-likeness (QED) is 0.808. The van der Waals surface area contributed by atoms with Crippen LogP contribution in [-0.2, 0) is 16.1 Å². The minimum atomic E-state index is -0.297. The number of amides is 1. The normalized spacial score (nSPS) is 20.2. The number of rotatable bonds is 3. The van der Waals surface area contributed by atoms with E-state index in [1.807, 2.05) is 23.1 Å². The first-order valence-electron chi connectivity index (χ1n) is 6.19. The molecule has 1 aromatic carbocycles. The number of ether oxygens (including phenoxy) is 1. The van der Waals surface area contributed by atoms with Gasteiger partial charge < -0.3 is 15.8 Å². The molecule has 3 N–H and O–H groups in total. The van der Waals surface area contributed by atoms with Crippen LogP contribution in [0.2, 0.25) is 5.02 Å². The highest BCUT2D eigenvalue weighted by Gasteiger charge is 2.29. The van der Waals surface area contributed by atoms with E-state index in [1.165, 1.54) is 0 Å². The molecule has 104 valence electrons. The summed E-state index contributed by atoms with van der Waals surface area (Å²) in [6.07, 6.45) is 0. The molecule has 1 heterocycles. The number of nitrogens with zero attached hydrogens (tertiary/aromatic N) is 1. The summed E-state index contributed by atoms with van der Waals surface area (Å²) < 4.78 is 5.37. The fourth-order valence-electron chi connectivity index (χ4n) is 2.18. The number of halogens is 1. The largest absolute Gasteiger partial charge is 0.398 e. The molecule has 0 aromatic heterocycles. The highest BCUT2D eigenvalue weighted by molar-refractivity contribution is 6.31. The van der Waals surface area contributed by atoms with Gasteiger partial charge in [0.05, 0.1) is 13.2 Å². The van der Waals surface area contributed by atoms with Crippen LogP contribution < -0.4 is 11.1 Å². The molecule has 6 heteroatoms. The van der Waals surface area contributed by atoms with Crippen LogP contribution >= 0.6 is 11.6 Å². The van der Waals surface area contributed by atoms with Crippen LogP contribution in [0.1, 0.15) is 5.56 Å². The second kappa shape index (κ2) is 6.23. The van der Waals surface area contributed by atoms with E-state index in [4.69, 9.17) is 22.1 Å². The summed E-state index contributed by atoms with van der Waals surface area (Å²) in [6, 6.07) is 5.14. The maximum absolute atomic E-state index is 11.8. The Kier molecular flexibility index (Phi) is 4.63. The zero-order valence-electron chi connectivity index (χ0n) is 10.9. The third kappa shape index (κ3) is 3.18. The third-order valence-electron chi connectivity index (χ3n) is 3.30. The Balaban J connectivity index is 2.18. The van der Waals surface area contributed by atoms with Crippen molar-refractivity contribution in [2.45, 2.75) is 12.6 Å². The first-order chi connectivity index (χ1) is 9.13. The number of anilines is 1. The standard InChI is InChI=1S/C13H18ClN3O2/c1-16-13(18)12-8-19-6-5-17(12)7-9-10(14)3-2-4-11(9)15/h2-4,12H,5-8,15H2,1H3,(H,16,18). The Labute approximate surface area is 117 Å². The molecule has 1 unspecified atom stereocenters. The van der Waals surface area contributed by atoms with Gasteiger partial charge in [-0.15, -0.1) is 0 Å². The van der Waals surface area contributed by atoms with Gasteiger partial charge in [-0.1, -0.05) is 17.7 Å². The molecule has 0 spiro atoms. The average Bonchev–Trinajstić information content (AvgIpc) is 2.42. The molecule has 0 saturated carbocycles. The molecule has 1 aliphatic heterocycles. The molecule has 0 radical (unpaired) electrons. The number of nitrogen functional groups attached to an aromatic ring is 1. The number of carbonyl (C=O) groups excluding carboxylic acids is 1. The first kappa shape index (κ1) is 14.1. The van der Waals surface area contributed by atoms with E-state index in [0.29, 0.717) is 37.0 Å². The molecule has 1 atom stereocenters. The van der Waals surface area contributed by atoms with Gasteiger partial charge >= 0.3 is 0 Å². The number of morpholine rings is 1. The van der Waals surface area contributed by atoms with Crippen LogP contribution in [0.15, 0.2) is 18.2 Å². The van der Waals surface area contributed by atoms with Crippen molar-refractivity contribution >= 4 is 23.2 Å². The Morgan fingerprint density at radius 3 is 3.11 bits per heavy atom. The number of likely N-dealkylation sites (N-methyl/N-ethyl adjacent to an activating group) is 1. The van der Waals surface area contributed by atoms with Gasteiger partial charge in [0, 0.05) is 36.4 Å². The maximum Gasteiger partial charge on any atom is 0.239 e. The lowest BCUT2D eigenvalue weighted by molar-refractivity contribution is -0.132. The van der Waals surface area contributed by atoms with E-state index in [-0.39, 0.29) is 11.9 Å². The molecule has 1 aliphatic rings. The molecule has 0 aliphatic carbocycles. The summed E-state index contributed by atoms with van der Waals surface area (Å²) in [6.45, 7) is 2.23. The van der Waals surface area contributed by atoms with Crippen molar-refractivity contribution in [1.82, 2.24) is 10.2 Å². The van der Waals surface area contributed by atoms with Gasteiger partial charge in [-0.3, -0.25) is 9.69 Å². The summed E-state index contributed by atoms with van der Waals surface area (Å²) in [5, 5.41) is 3.28. The number of hydrogen-bond acceptors (Lipinski definition) is 4. The lowest BCUT2D eigenvalue weighted by atomic mass is 10.1. The minimum absolute atomic E-state index is 0.0506. The van der Waals surface area contributed by atoms with Crippen molar-refractivity contribution in [2.75, 3.05) is 32.5 Å². The summed E-state index contributed by atoms with van der Waals surface area (Å²) >= 11 is 6.17.